The number of benzene rings is 2. The summed E-state index contributed by atoms with van der Waals surface area (Å²) in [6.45, 7) is 7.34. The molecule has 0 bridgehead atoms. The molecule has 1 saturated heterocycles. The monoisotopic (exact) mass is 440 g/mol. The Kier molecular flexibility index (Phi) is 5.90. The van der Waals surface area contributed by atoms with Crippen molar-refractivity contribution in [2.45, 2.75) is 51.1 Å². The second-order valence-corrected chi connectivity index (χ2v) is 10.3. The summed E-state index contributed by atoms with van der Waals surface area (Å²) in [5.74, 6) is 0.0619. The second-order valence-electron chi connectivity index (χ2n) is 8.34. The maximum Gasteiger partial charge on any atom is 0.290 e. The molecule has 31 heavy (non-hydrogen) atoms. The van der Waals surface area contributed by atoms with Gasteiger partial charge in [-0.1, -0.05) is 30.3 Å². The molecule has 0 radical (unpaired) electrons. The maximum absolute atomic E-state index is 13.4. The first-order valence-electron chi connectivity index (χ1n) is 10.7. The number of hydrogen-bond acceptors (Lipinski definition) is 4. The lowest BCUT2D eigenvalue weighted by Gasteiger charge is -2.26. The lowest BCUT2D eigenvalue weighted by atomic mass is 10.1. The molecule has 0 saturated carbocycles. The normalized spacial score (nSPS) is 15.1. The van der Waals surface area contributed by atoms with Crippen molar-refractivity contribution in [1.29, 1.82) is 0 Å². The van der Waals surface area contributed by atoms with Gasteiger partial charge < -0.3 is 9.32 Å². The summed E-state index contributed by atoms with van der Waals surface area (Å²) in [5, 5.41) is 0.659. The summed E-state index contributed by atoms with van der Waals surface area (Å²) < 4.78 is 33.3. The van der Waals surface area contributed by atoms with Crippen molar-refractivity contribution < 1.29 is 17.6 Å². The van der Waals surface area contributed by atoms with Crippen LogP contribution in [0.15, 0.2) is 57.8 Å². The third-order valence-electron chi connectivity index (χ3n) is 5.88. The van der Waals surface area contributed by atoms with E-state index in [1.807, 2.05) is 51.1 Å². The number of hydrogen-bond donors (Lipinski definition) is 0. The van der Waals surface area contributed by atoms with E-state index in [1.165, 1.54) is 4.31 Å². The van der Waals surface area contributed by atoms with E-state index in [1.54, 1.807) is 23.1 Å². The van der Waals surface area contributed by atoms with E-state index in [4.69, 9.17) is 4.42 Å². The van der Waals surface area contributed by atoms with Gasteiger partial charge in [0, 0.05) is 36.6 Å². The van der Waals surface area contributed by atoms with Gasteiger partial charge in [-0.25, -0.2) is 8.42 Å². The fraction of sp³-hybridized carbons (Fsp3) is 0.375. The summed E-state index contributed by atoms with van der Waals surface area (Å²) in [4.78, 5) is 15.4. The van der Waals surface area contributed by atoms with Gasteiger partial charge in [-0.05, 0) is 57.4 Å². The Morgan fingerprint density at radius 2 is 1.77 bits per heavy atom. The molecule has 1 fully saturated rings. The highest BCUT2D eigenvalue weighted by Crippen LogP contribution is 2.31. The van der Waals surface area contributed by atoms with Gasteiger partial charge >= 0.3 is 0 Å². The topological polar surface area (TPSA) is 70.8 Å². The Morgan fingerprint density at radius 1 is 1.10 bits per heavy atom. The lowest BCUT2D eigenvalue weighted by Crippen LogP contribution is -2.36. The number of carbonyl (C=O) groups excluding carboxylic acids is 1. The Hall–Kier alpha value is -2.64. The molecular formula is C24H28N2O4S. The Morgan fingerprint density at radius 3 is 2.42 bits per heavy atom. The number of fused-ring (bicyclic) bond motifs is 1. The molecule has 1 aliphatic rings. The highest BCUT2D eigenvalue weighted by Gasteiger charge is 2.29. The minimum atomic E-state index is -3.53. The van der Waals surface area contributed by atoms with Crippen LogP contribution in [-0.2, 0) is 16.6 Å². The Balaban J connectivity index is 1.69. The quantitative estimate of drug-likeness (QED) is 0.563. The van der Waals surface area contributed by atoms with Crippen LogP contribution in [0.25, 0.3) is 11.0 Å². The molecular weight excluding hydrogens is 412 g/mol. The van der Waals surface area contributed by atoms with Crippen LogP contribution in [0.5, 0.6) is 0 Å². The van der Waals surface area contributed by atoms with Gasteiger partial charge in [-0.15, -0.1) is 0 Å². The first-order valence-corrected chi connectivity index (χ1v) is 12.1. The number of furan rings is 1. The molecule has 0 N–H and O–H groups in total. The first-order chi connectivity index (χ1) is 14.8. The molecule has 0 aliphatic carbocycles. The van der Waals surface area contributed by atoms with Crippen molar-refractivity contribution in [2.75, 3.05) is 13.1 Å². The van der Waals surface area contributed by atoms with Crippen molar-refractivity contribution in [3.63, 3.8) is 0 Å². The molecule has 2 aromatic carbocycles. The molecule has 0 unspecified atom stereocenters. The number of carbonyl (C=O) groups is 1. The SMILES string of the molecule is Cc1c(C(=O)N(Cc2ccccc2)C(C)C)oc2ccc(S(=O)(=O)N3CCCC3)cc12. The fourth-order valence-electron chi connectivity index (χ4n) is 4.04. The van der Waals surface area contributed by atoms with Crippen molar-refractivity contribution >= 4 is 26.9 Å². The lowest BCUT2D eigenvalue weighted by molar-refractivity contribution is 0.0659. The number of amides is 1. The van der Waals surface area contributed by atoms with Gasteiger partial charge in [-0.2, -0.15) is 4.31 Å². The number of sulfonamides is 1. The molecule has 1 amide bonds. The van der Waals surface area contributed by atoms with E-state index in [0.29, 0.717) is 36.2 Å². The van der Waals surface area contributed by atoms with E-state index in [2.05, 4.69) is 0 Å². The minimum Gasteiger partial charge on any atom is -0.451 e. The Bertz CT molecular complexity index is 1190. The van der Waals surface area contributed by atoms with Crippen LogP contribution < -0.4 is 0 Å². The molecule has 7 heteroatoms. The maximum atomic E-state index is 13.4. The van der Waals surface area contributed by atoms with Crippen LogP contribution in [0.4, 0.5) is 0 Å². The van der Waals surface area contributed by atoms with Crippen molar-refractivity contribution in [3.05, 3.63) is 65.4 Å². The zero-order valence-corrected chi connectivity index (χ0v) is 19.0. The summed E-state index contributed by atoms with van der Waals surface area (Å²) in [5.41, 5.74) is 2.22. The summed E-state index contributed by atoms with van der Waals surface area (Å²) in [6, 6.07) is 14.7. The predicted molar refractivity (Wildman–Crippen MR) is 120 cm³/mol. The molecule has 1 aliphatic heterocycles. The predicted octanol–water partition coefficient (Wildman–Crippen LogP) is 4.58. The molecule has 0 atom stereocenters. The van der Waals surface area contributed by atoms with E-state index < -0.39 is 10.0 Å². The third-order valence-corrected chi connectivity index (χ3v) is 7.78. The highest BCUT2D eigenvalue weighted by atomic mass is 32.2. The molecule has 164 valence electrons. The van der Waals surface area contributed by atoms with Crippen molar-refractivity contribution in [2.24, 2.45) is 0 Å². The largest absolute Gasteiger partial charge is 0.451 e. The van der Waals surface area contributed by atoms with E-state index in [9.17, 15) is 13.2 Å². The van der Waals surface area contributed by atoms with Gasteiger partial charge in [0.05, 0.1) is 4.90 Å². The molecule has 6 nitrogen and oxygen atoms in total. The van der Waals surface area contributed by atoms with Crippen LogP contribution in [0.3, 0.4) is 0 Å². The molecule has 2 heterocycles. The summed E-state index contributed by atoms with van der Waals surface area (Å²) in [6.07, 6.45) is 1.77. The average Bonchev–Trinajstić information content (AvgIpc) is 3.41. The van der Waals surface area contributed by atoms with Gasteiger partial charge in [0.15, 0.2) is 5.76 Å². The van der Waals surface area contributed by atoms with Crippen molar-refractivity contribution in [3.8, 4) is 0 Å². The third kappa shape index (κ3) is 4.12. The van der Waals surface area contributed by atoms with E-state index in [-0.39, 0.29) is 22.6 Å². The number of aryl methyl sites for hydroxylation is 1. The van der Waals surface area contributed by atoms with Gasteiger partial charge in [0.2, 0.25) is 10.0 Å². The second kappa shape index (κ2) is 8.48. The Labute approximate surface area is 183 Å². The van der Waals surface area contributed by atoms with Crippen LogP contribution in [0.1, 0.15) is 48.4 Å². The van der Waals surface area contributed by atoms with Gasteiger partial charge in [-0.3, -0.25) is 4.79 Å². The van der Waals surface area contributed by atoms with Crippen LogP contribution in [-0.4, -0.2) is 42.7 Å². The zero-order chi connectivity index (χ0) is 22.2. The van der Waals surface area contributed by atoms with E-state index in [0.717, 1.165) is 18.4 Å². The number of nitrogens with zero attached hydrogens (tertiary/aromatic N) is 2. The summed E-state index contributed by atoms with van der Waals surface area (Å²) >= 11 is 0. The van der Waals surface area contributed by atoms with Gasteiger partial charge in [0.1, 0.15) is 5.58 Å². The molecule has 4 rings (SSSR count). The minimum absolute atomic E-state index is 0.0218. The standard InChI is InChI=1S/C24H28N2O4S/c1-17(2)26(16-19-9-5-4-6-10-19)24(27)23-18(3)21-15-20(11-12-22(21)30-23)31(28,29)25-13-7-8-14-25/h4-6,9-12,15,17H,7-8,13-14,16H2,1-3H3. The van der Waals surface area contributed by atoms with Crippen LogP contribution >= 0.6 is 0 Å². The fourth-order valence-corrected chi connectivity index (χ4v) is 5.59. The number of rotatable bonds is 6. The van der Waals surface area contributed by atoms with Crippen molar-refractivity contribution in [1.82, 2.24) is 9.21 Å². The van der Waals surface area contributed by atoms with Gasteiger partial charge in [0.25, 0.3) is 5.91 Å². The average molecular weight is 441 g/mol. The smallest absolute Gasteiger partial charge is 0.290 e. The first kappa shape index (κ1) is 21.6. The van der Waals surface area contributed by atoms with E-state index >= 15 is 0 Å². The molecule has 0 spiro atoms. The summed E-state index contributed by atoms with van der Waals surface area (Å²) in [7, 11) is -3.53. The van der Waals surface area contributed by atoms with Crippen LogP contribution in [0.2, 0.25) is 0 Å². The molecule has 3 aromatic rings. The molecule has 1 aromatic heterocycles. The van der Waals surface area contributed by atoms with Crippen LogP contribution in [0, 0.1) is 6.92 Å². The zero-order valence-electron chi connectivity index (χ0n) is 18.2. The highest BCUT2D eigenvalue weighted by molar-refractivity contribution is 7.89.